The summed E-state index contributed by atoms with van der Waals surface area (Å²) in [5.41, 5.74) is 0. The SMILES string of the molecule is CCCCCC[C@@H]1OC[C@@H](CCl)O1. The van der Waals surface area contributed by atoms with E-state index in [4.69, 9.17) is 21.1 Å². The topological polar surface area (TPSA) is 18.5 Å². The first kappa shape index (κ1) is 11.3. The number of unbranched alkanes of at least 4 members (excludes halogenated alkanes) is 3. The van der Waals surface area contributed by atoms with Crippen LogP contribution in [0.2, 0.25) is 0 Å². The fourth-order valence-electron chi connectivity index (χ4n) is 1.48. The highest BCUT2D eigenvalue weighted by Gasteiger charge is 2.24. The van der Waals surface area contributed by atoms with Gasteiger partial charge in [-0.25, -0.2) is 0 Å². The van der Waals surface area contributed by atoms with Crippen molar-refractivity contribution in [2.45, 2.75) is 51.4 Å². The molecule has 1 aliphatic rings. The van der Waals surface area contributed by atoms with Gasteiger partial charge in [0, 0.05) is 0 Å². The normalized spacial score (nSPS) is 28.2. The predicted octanol–water partition coefficient (Wildman–Crippen LogP) is 2.94. The largest absolute Gasteiger partial charge is 0.350 e. The van der Waals surface area contributed by atoms with Crippen LogP contribution >= 0.6 is 11.6 Å². The molecular weight excluding hydrogens is 188 g/mol. The third kappa shape index (κ3) is 4.30. The zero-order valence-corrected chi connectivity index (χ0v) is 9.05. The van der Waals surface area contributed by atoms with Crippen LogP contribution in [0.3, 0.4) is 0 Å². The van der Waals surface area contributed by atoms with Crippen LogP contribution in [0.4, 0.5) is 0 Å². The highest BCUT2D eigenvalue weighted by atomic mass is 35.5. The first-order valence-corrected chi connectivity index (χ1v) is 5.73. The van der Waals surface area contributed by atoms with Gasteiger partial charge in [0.2, 0.25) is 0 Å². The van der Waals surface area contributed by atoms with Crippen molar-refractivity contribution in [1.29, 1.82) is 0 Å². The average Bonchev–Trinajstić information content (AvgIpc) is 2.60. The summed E-state index contributed by atoms with van der Waals surface area (Å²) in [6.07, 6.45) is 6.23. The lowest BCUT2D eigenvalue weighted by molar-refractivity contribution is -0.0599. The van der Waals surface area contributed by atoms with Crippen LogP contribution < -0.4 is 0 Å². The van der Waals surface area contributed by atoms with Crippen molar-refractivity contribution >= 4 is 11.6 Å². The Balaban J connectivity index is 1.97. The fourth-order valence-corrected chi connectivity index (χ4v) is 1.64. The van der Waals surface area contributed by atoms with Crippen molar-refractivity contribution in [2.75, 3.05) is 12.5 Å². The summed E-state index contributed by atoms with van der Waals surface area (Å²) in [7, 11) is 0. The lowest BCUT2D eigenvalue weighted by atomic mass is 10.1. The number of ether oxygens (including phenoxy) is 2. The Morgan fingerprint density at radius 1 is 1.31 bits per heavy atom. The van der Waals surface area contributed by atoms with E-state index in [-0.39, 0.29) is 12.4 Å². The lowest BCUT2D eigenvalue weighted by Crippen LogP contribution is -2.13. The second kappa shape index (κ2) is 6.63. The monoisotopic (exact) mass is 206 g/mol. The van der Waals surface area contributed by atoms with Gasteiger partial charge < -0.3 is 9.47 Å². The summed E-state index contributed by atoms with van der Waals surface area (Å²) < 4.78 is 11.0. The summed E-state index contributed by atoms with van der Waals surface area (Å²) >= 11 is 5.65. The number of hydrogen-bond donors (Lipinski definition) is 0. The van der Waals surface area contributed by atoms with Gasteiger partial charge in [-0.1, -0.05) is 26.2 Å². The third-order valence-corrected chi connectivity index (χ3v) is 2.62. The molecule has 0 unspecified atom stereocenters. The molecule has 1 fully saturated rings. The van der Waals surface area contributed by atoms with Gasteiger partial charge in [0.1, 0.15) is 0 Å². The second-order valence-electron chi connectivity index (χ2n) is 3.52. The van der Waals surface area contributed by atoms with Gasteiger partial charge in [0.25, 0.3) is 0 Å². The second-order valence-corrected chi connectivity index (χ2v) is 3.83. The third-order valence-electron chi connectivity index (χ3n) is 2.28. The smallest absolute Gasteiger partial charge is 0.158 e. The standard InChI is InChI=1S/C10H19ClO2/c1-2-3-4-5-6-10-12-8-9(7-11)13-10/h9-10H,2-8H2,1H3/t9-,10-/m1/s1. The van der Waals surface area contributed by atoms with E-state index in [0.29, 0.717) is 12.5 Å². The molecule has 2 atom stereocenters. The van der Waals surface area contributed by atoms with E-state index in [9.17, 15) is 0 Å². The van der Waals surface area contributed by atoms with Crippen LogP contribution in [0.15, 0.2) is 0 Å². The van der Waals surface area contributed by atoms with Crippen LogP contribution in [-0.2, 0) is 9.47 Å². The first-order valence-electron chi connectivity index (χ1n) is 5.19. The van der Waals surface area contributed by atoms with Crippen molar-refractivity contribution in [3.8, 4) is 0 Å². The van der Waals surface area contributed by atoms with E-state index < -0.39 is 0 Å². The Bertz CT molecular complexity index is 130. The Kier molecular flexibility index (Phi) is 5.76. The zero-order valence-electron chi connectivity index (χ0n) is 8.30. The molecule has 1 aliphatic heterocycles. The van der Waals surface area contributed by atoms with E-state index in [1.807, 2.05) is 0 Å². The molecule has 0 bridgehead atoms. The van der Waals surface area contributed by atoms with Gasteiger partial charge in [-0.05, 0) is 12.8 Å². The fraction of sp³-hybridized carbons (Fsp3) is 1.00. The average molecular weight is 207 g/mol. The predicted molar refractivity (Wildman–Crippen MR) is 54.1 cm³/mol. The van der Waals surface area contributed by atoms with Crippen molar-refractivity contribution < 1.29 is 9.47 Å². The molecule has 1 heterocycles. The minimum Gasteiger partial charge on any atom is -0.350 e. The maximum Gasteiger partial charge on any atom is 0.158 e. The first-order chi connectivity index (χ1) is 6.36. The summed E-state index contributed by atoms with van der Waals surface area (Å²) in [5, 5.41) is 0. The highest BCUT2D eigenvalue weighted by Crippen LogP contribution is 2.18. The molecule has 0 aromatic rings. The van der Waals surface area contributed by atoms with Crippen LogP contribution in [0.25, 0.3) is 0 Å². The lowest BCUT2D eigenvalue weighted by Gasteiger charge is -2.09. The molecule has 0 radical (unpaired) electrons. The van der Waals surface area contributed by atoms with E-state index >= 15 is 0 Å². The van der Waals surface area contributed by atoms with Gasteiger partial charge in [0.05, 0.1) is 18.6 Å². The van der Waals surface area contributed by atoms with Crippen LogP contribution in [0.1, 0.15) is 39.0 Å². The summed E-state index contributed by atoms with van der Waals surface area (Å²) in [5.74, 6) is 0.547. The maximum atomic E-state index is 5.65. The Morgan fingerprint density at radius 2 is 2.15 bits per heavy atom. The van der Waals surface area contributed by atoms with Crippen LogP contribution in [-0.4, -0.2) is 24.9 Å². The van der Waals surface area contributed by atoms with Crippen LogP contribution in [0.5, 0.6) is 0 Å². The van der Waals surface area contributed by atoms with E-state index in [2.05, 4.69) is 6.92 Å². The van der Waals surface area contributed by atoms with Crippen molar-refractivity contribution in [1.82, 2.24) is 0 Å². The minimum atomic E-state index is 0.0145. The molecule has 0 amide bonds. The molecule has 0 N–H and O–H groups in total. The van der Waals surface area contributed by atoms with Crippen LogP contribution in [0, 0.1) is 0 Å². The molecular formula is C10H19ClO2. The molecule has 0 spiro atoms. The van der Waals surface area contributed by atoms with Gasteiger partial charge in [-0.2, -0.15) is 0 Å². The van der Waals surface area contributed by atoms with E-state index in [1.54, 1.807) is 0 Å². The minimum absolute atomic E-state index is 0.0145. The molecule has 13 heavy (non-hydrogen) atoms. The number of halogens is 1. The van der Waals surface area contributed by atoms with Crippen molar-refractivity contribution in [2.24, 2.45) is 0 Å². The summed E-state index contributed by atoms with van der Waals surface area (Å²) in [6.45, 7) is 2.88. The van der Waals surface area contributed by atoms with E-state index in [0.717, 1.165) is 6.42 Å². The molecule has 0 saturated carbocycles. The molecule has 1 rings (SSSR count). The number of rotatable bonds is 6. The highest BCUT2D eigenvalue weighted by molar-refractivity contribution is 6.18. The molecule has 1 saturated heterocycles. The molecule has 78 valence electrons. The Morgan fingerprint density at radius 3 is 2.77 bits per heavy atom. The summed E-state index contributed by atoms with van der Waals surface area (Å²) in [4.78, 5) is 0. The molecule has 0 aromatic heterocycles. The van der Waals surface area contributed by atoms with Crippen molar-refractivity contribution in [3.63, 3.8) is 0 Å². The molecule has 0 aliphatic carbocycles. The molecule has 3 heteroatoms. The Labute approximate surface area is 85.5 Å². The molecule has 0 aromatic carbocycles. The maximum absolute atomic E-state index is 5.65. The molecule has 2 nitrogen and oxygen atoms in total. The Hall–Kier alpha value is 0.210. The van der Waals surface area contributed by atoms with Gasteiger partial charge in [0.15, 0.2) is 6.29 Å². The van der Waals surface area contributed by atoms with Gasteiger partial charge in [-0.15, -0.1) is 11.6 Å². The van der Waals surface area contributed by atoms with Gasteiger partial charge >= 0.3 is 0 Å². The zero-order chi connectivity index (χ0) is 9.52. The number of hydrogen-bond acceptors (Lipinski definition) is 2. The number of alkyl halides is 1. The van der Waals surface area contributed by atoms with E-state index in [1.165, 1.54) is 25.7 Å². The quantitative estimate of drug-likeness (QED) is 0.492. The summed E-state index contributed by atoms with van der Waals surface area (Å²) in [6, 6.07) is 0. The van der Waals surface area contributed by atoms with Gasteiger partial charge in [-0.3, -0.25) is 0 Å². The van der Waals surface area contributed by atoms with Crippen molar-refractivity contribution in [3.05, 3.63) is 0 Å².